The number of hydrogen-bond donors (Lipinski definition) is 3. The average Bonchev–Trinajstić information content (AvgIpc) is 2.71. The minimum absolute atomic E-state index is 0.200. The Morgan fingerprint density at radius 3 is 2.69 bits per heavy atom. The van der Waals surface area contributed by atoms with Crippen molar-refractivity contribution in [3.63, 3.8) is 0 Å². The standard InChI is InChI=1S/C24H40O5/c1-29-24-15-14-22(26)19(12-13-21(25)17-8-4-2-5-9-17)20(24)16-18(24)10-6-3-7-11-23(27)28/h10,17,19-22,25-26H,2-9,11-16H2,1H3,(H,27,28)/t19-,20-,21?,22-,24+/m1/s1. The summed E-state index contributed by atoms with van der Waals surface area (Å²) in [4.78, 5) is 10.6. The van der Waals surface area contributed by atoms with Gasteiger partial charge in [-0.3, -0.25) is 4.79 Å². The number of hydrogen-bond acceptors (Lipinski definition) is 4. The fourth-order valence-corrected chi connectivity index (χ4v) is 6.22. The molecule has 166 valence electrons. The molecule has 0 bridgehead atoms. The van der Waals surface area contributed by atoms with E-state index < -0.39 is 5.97 Å². The van der Waals surface area contributed by atoms with Gasteiger partial charge >= 0.3 is 5.97 Å². The molecule has 3 aliphatic carbocycles. The third-order valence-electron chi connectivity index (χ3n) is 7.99. The van der Waals surface area contributed by atoms with E-state index in [1.807, 2.05) is 0 Å². The third-order valence-corrected chi connectivity index (χ3v) is 7.99. The number of aliphatic hydroxyl groups is 2. The molecule has 0 spiro atoms. The van der Waals surface area contributed by atoms with E-state index >= 15 is 0 Å². The molecule has 0 aromatic rings. The summed E-state index contributed by atoms with van der Waals surface area (Å²) in [5, 5.41) is 30.1. The molecule has 5 heteroatoms. The summed E-state index contributed by atoms with van der Waals surface area (Å²) in [6.07, 6.45) is 14.8. The topological polar surface area (TPSA) is 87.0 Å². The van der Waals surface area contributed by atoms with Crippen LogP contribution < -0.4 is 0 Å². The normalized spacial score (nSPS) is 35.1. The maximum Gasteiger partial charge on any atom is 0.303 e. The molecule has 0 aromatic heterocycles. The first-order valence-corrected chi connectivity index (χ1v) is 11.8. The SMILES string of the molecule is CO[C@]12CC[C@@H](O)[C@H](CCC(O)C3CCCCC3)[C@H]1CC2=CCCCCC(=O)O. The number of ether oxygens (including phenoxy) is 1. The summed E-state index contributed by atoms with van der Waals surface area (Å²) < 4.78 is 6.05. The molecule has 0 aliphatic heterocycles. The van der Waals surface area contributed by atoms with Crippen LogP contribution in [-0.4, -0.2) is 46.2 Å². The van der Waals surface area contributed by atoms with Crippen LogP contribution >= 0.6 is 0 Å². The Kier molecular flexibility index (Phi) is 8.17. The van der Waals surface area contributed by atoms with E-state index in [-0.39, 0.29) is 30.1 Å². The van der Waals surface area contributed by atoms with Crippen molar-refractivity contribution in [2.45, 2.75) is 108 Å². The minimum atomic E-state index is -0.728. The highest BCUT2D eigenvalue weighted by molar-refractivity contribution is 5.66. The fraction of sp³-hybridized carbons (Fsp3) is 0.875. The Labute approximate surface area is 175 Å². The fourth-order valence-electron chi connectivity index (χ4n) is 6.22. The van der Waals surface area contributed by atoms with Crippen molar-refractivity contribution in [3.05, 3.63) is 11.6 Å². The Morgan fingerprint density at radius 2 is 2.00 bits per heavy atom. The van der Waals surface area contributed by atoms with Crippen LogP contribution in [0.5, 0.6) is 0 Å². The predicted octanol–water partition coefficient (Wildman–Crippen LogP) is 4.46. The van der Waals surface area contributed by atoms with Crippen molar-refractivity contribution >= 4 is 5.97 Å². The first kappa shape index (κ1) is 22.8. The molecule has 3 aliphatic rings. The molecule has 3 saturated carbocycles. The van der Waals surface area contributed by atoms with E-state index in [4.69, 9.17) is 9.84 Å². The summed E-state index contributed by atoms with van der Waals surface area (Å²) in [6.45, 7) is 0. The summed E-state index contributed by atoms with van der Waals surface area (Å²) in [5.74, 6) is 0.250. The van der Waals surface area contributed by atoms with Crippen LogP contribution in [0.25, 0.3) is 0 Å². The monoisotopic (exact) mass is 408 g/mol. The smallest absolute Gasteiger partial charge is 0.303 e. The summed E-state index contributed by atoms with van der Waals surface area (Å²) in [5.41, 5.74) is 1.09. The third kappa shape index (κ3) is 5.23. The van der Waals surface area contributed by atoms with Crippen LogP contribution in [-0.2, 0) is 9.53 Å². The maximum absolute atomic E-state index is 10.7. The number of fused-ring (bicyclic) bond motifs is 1. The molecule has 5 atom stereocenters. The second-order valence-corrected chi connectivity index (χ2v) is 9.59. The molecule has 5 nitrogen and oxygen atoms in total. The van der Waals surface area contributed by atoms with Gasteiger partial charge in [0.2, 0.25) is 0 Å². The maximum atomic E-state index is 10.7. The van der Waals surface area contributed by atoms with Gasteiger partial charge in [0.05, 0.1) is 17.8 Å². The Bertz CT molecular complexity index is 568. The highest BCUT2D eigenvalue weighted by atomic mass is 16.5. The van der Waals surface area contributed by atoms with Crippen molar-refractivity contribution in [1.29, 1.82) is 0 Å². The van der Waals surface area contributed by atoms with Gasteiger partial charge in [-0.2, -0.15) is 0 Å². The molecular weight excluding hydrogens is 368 g/mol. The van der Waals surface area contributed by atoms with Crippen molar-refractivity contribution in [2.75, 3.05) is 7.11 Å². The van der Waals surface area contributed by atoms with Crippen LogP contribution in [0.1, 0.15) is 89.9 Å². The number of methoxy groups -OCH3 is 1. The van der Waals surface area contributed by atoms with Crippen LogP contribution in [0.2, 0.25) is 0 Å². The van der Waals surface area contributed by atoms with Gasteiger partial charge in [-0.25, -0.2) is 0 Å². The second kappa shape index (κ2) is 10.4. The molecule has 3 N–H and O–H groups in total. The van der Waals surface area contributed by atoms with Crippen LogP contribution in [0.3, 0.4) is 0 Å². The minimum Gasteiger partial charge on any atom is -0.481 e. The number of aliphatic carboxylic acids is 1. The zero-order valence-corrected chi connectivity index (χ0v) is 18.0. The van der Waals surface area contributed by atoms with Crippen LogP contribution in [0.15, 0.2) is 11.6 Å². The number of aliphatic hydroxyl groups excluding tert-OH is 2. The van der Waals surface area contributed by atoms with Gasteiger partial charge in [0.15, 0.2) is 0 Å². The first-order chi connectivity index (χ1) is 14.0. The quantitative estimate of drug-likeness (QED) is 0.367. The van der Waals surface area contributed by atoms with E-state index in [1.165, 1.54) is 24.8 Å². The van der Waals surface area contributed by atoms with E-state index in [0.29, 0.717) is 18.3 Å². The van der Waals surface area contributed by atoms with Crippen LogP contribution in [0.4, 0.5) is 0 Å². The molecule has 3 rings (SSSR count). The first-order valence-electron chi connectivity index (χ1n) is 11.8. The molecule has 0 aromatic carbocycles. The van der Waals surface area contributed by atoms with E-state index in [0.717, 1.165) is 57.8 Å². The average molecular weight is 409 g/mol. The molecule has 1 unspecified atom stereocenters. The summed E-state index contributed by atoms with van der Waals surface area (Å²) in [7, 11) is 1.79. The van der Waals surface area contributed by atoms with Crippen molar-refractivity contribution < 1.29 is 24.9 Å². The number of unbranched alkanes of at least 4 members (excludes halogenated alkanes) is 2. The number of allylic oxidation sites excluding steroid dienone is 1. The van der Waals surface area contributed by atoms with Crippen molar-refractivity contribution in [1.82, 2.24) is 0 Å². The Balaban J connectivity index is 1.54. The number of rotatable bonds is 10. The van der Waals surface area contributed by atoms with Gasteiger partial charge in [0, 0.05) is 19.4 Å². The van der Waals surface area contributed by atoms with Gasteiger partial charge in [-0.05, 0) is 81.6 Å². The van der Waals surface area contributed by atoms with E-state index in [2.05, 4.69) is 6.08 Å². The van der Waals surface area contributed by atoms with E-state index in [1.54, 1.807) is 7.11 Å². The number of carbonyl (C=O) groups is 1. The molecule has 0 heterocycles. The molecule has 0 amide bonds. The van der Waals surface area contributed by atoms with Gasteiger partial charge < -0.3 is 20.1 Å². The van der Waals surface area contributed by atoms with Gasteiger partial charge in [-0.1, -0.05) is 25.3 Å². The van der Waals surface area contributed by atoms with Gasteiger partial charge in [0.1, 0.15) is 0 Å². The lowest BCUT2D eigenvalue weighted by atomic mass is 9.52. The highest BCUT2D eigenvalue weighted by Gasteiger charge is 2.58. The van der Waals surface area contributed by atoms with Crippen molar-refractivity contribution in [2.24, 2.45) is 17.8 Å². The lowest BCUT2D eigenvalue weighted by molar-refractivity contribution is -0.155. The predicted molar refractivity (Wildman–Crippen MR) is 113 cm³/mol. The molecule has 29 heavy (non-hydrogen) atoms. The number of carboxylic acids is 1. The lowest BCUT2D eigenvalue weighted by Crippen LogP contribution is -2.59. The highest BCUT2D eigenvalue weighted by Crippen LogP contribution is 2.58. The second-order valence-electron chi connectivity index (χ2n) is 9.59. The lowest BCUT2D eigenvalue weighted by Gasteiger charge is -2.58. The molecular formula is C24H40O5. The Morgan fingerprint density at radius 1 is 1.24 bits per heavy atom. The largest absolute Gasteiger partial charge is 0.481 e. The zero-order chi connectivity index (χ0) is 20.9. The summed E-state index contributed by atoms with van der Waals surface area (Å²) >= 11 is 0. The van der Waals surface area contributed by atoms with Gasteiger partial charge in [-0.15, -0.1) is 0 Å². The van der Waals surface area contributed by atoms with E-state index in [9.17, 15) is 15.0 Å². The summed E-state index contributed by atoms with van der Waals surface area (Å²) in [6, 6.07) is 0. The van der Waals surface area contributed by atoms with Crippen molar-refractivity contribution in [3.8, 4) is 0 Å². The molecule has 0 radical (unpaired) electrons. The van der Waals surface area contributed by atoms with Crippen LogP contribution in [0, 0.1) is 17.8 Å². The molecule has 3 fully saturated rings. The number of carboxylic acid groups (broad SMARTS) is 1. The molecule has 0 saturated heterocycles. The van der Waals surface area contributed by atoms with Gasteiger partial charge in [0.25, 0.3) is 0 Å². The Hall–Kier alpha value is -0.910. The zero-order valence-electron chi connectivity index (χ0n) is 18.0.